The second kappa shape index (κ2) is 5.69. The van der Waals surface area contributed by atoms with Gasteiger partial charge in [0.1, 0.15) is 4.88 Å². The van der Waals surface area contributed by atoms with E-state index in [0.29, 0.717) is 17.7 Å². The van der Waals surface area contributed by atoms with Gasteiger partial charge in [-0.2, -0.15) is 0 Å². The highest BCUT2D eigenvalue weighted by Crippen LogP contribution is 2.28. The van der Waals surface area contributed by atoms with Crippen LogP contribution in [0.4, 0.5) is 0 Å². The van der Waals surface area contributed by atoms with Crippen molar-refractivity contribution in [2.75, 3.05) is 0 Å². The summed E-state index contributed by atoms with van der Waals surface area (Å²) in [6.45, 7) is 3.92. The lowest BCUT2D eigenvalue weighted by atomic mass is 9.80. The molecular formula is C13H18N2O3S. The van der Waals surface area contributed by atoms with Crippen molar-refractivity contribution < 1.29 is 14.7 Å². The van der Waals surface area contributed by atoms with Crippen molar-refractivity contribution in [1.82, 2.24) is 10.3 Å². The fourth-order valence-electron chi connectivity index (χ4n) is 2.17. The quantitative estimate of drug-likeness (QED) is 0.865. The van der Waals surface area contributed by atoms with Gasteiger partial charge in [-0.3, -0.25) is 9.59 Å². The number of carbonyl (C=O) groups is 2. The lowest BCUT2D eigenvalue weighted by Gasteiger charge is -2.32. The number of carboxylic acid groups (broad SMARTS) is 1. The zero-order chi connectivity index (χ0) is 14.0. The molecule has 1 amide bonds. The summed E-state index contributed by atoms with van der Waals surface area (Å²) in [5.41, 5.74) is 0.764. The second-order valence-electron chi connectivity index (χ2n) is 4.95. The number of aryl methyl sites for hydroxylation is 2. The van der Waals surface area contributed by atoms with Crippen LogP contribution < -0.4 is 5.32 Å². The Balaban J connectivity index is 1.92. The van der Waals surface area contributed by atoms with Crippen molar-refractivity contribution in [2.45, 2.75) is 45.6 Å². The predicted molar refractivity (Wildman–Crippen MR) is 72.5 cm³/mol. The van der Waals surface area contributed by atoms with Gasteiger partial charge in [-0.05, 0) is 32.6 Å². The molecule has 6 heteroatoms. The van der Waals surface area contributed by atoms with Crippen molar-refractivity contribution in [3.63, 3.8) is 0 Å². The molecule has 1 aliphatic carbocycles. The van der Waals surface area contributed by atoms with Crippen LogP contribution >= 0.6 is 11.3 Å². The third kappa shape index (κ3) is 3.12. The smallest absolute Gasteiger partial charge is 0.306 e. The number of amides is 1. The van der Waals surface area contributed by atoms with Gasteiger partial charge in [0.15, 0.2) is 0 Å². The topological polar surface area (TPSA) is 79.3 Å². The molecule has 0 radical (unpaired) electrons. The average molecular weight is 282 g/mol. The fourth-order valence-corrected chi connectivity index (χ4v) is 3.24. The summed E-state index contributed by atoms with van der Waals surface area (Å²) in [5, 5.41) is 12.7. The van der Waals surface area contributed by atoms with Crippen molar-refractivity contribution in [1.29, 1.82) is 0 Å². The van der Waals surface area contributed by atoms with E-state index in [1.54, 1.807) is 0 Å². The van der Waals surface area contributed by atoms with Crippen molar-refractivity contribution in [3.05, 3.63) is 15.6 Å². The van der Waals surface area contributed by atoms with E-state index in [-0.39, 0.29) is 17.9 Å². The molecule has 0 bridgehead atoms. The predicted octanol–water partition coefficient (Wildman–Crippen LogP) is 2.00. The third-order valence-electron chi connectivity index (χ3n) is 3.33. The van der Waals surface area contributed by atoms with Crippen LogP contribution in [0.3, 0.4) is 0 Å². The van der Waals surface area contributed by atoms with Crippen LogP contribution in [0, 0.1) is 12.8 Å². The molecule has 1 aliphatic rings. The van der Waals surface area contributed by atoms with Gasteiger partial charge in [-0.25, -0.2) is 4.98 Å². The van der Waals surface area contributed by atoms with E-state index in [4.69, 9.17) is 5.11 Å². The maximum absolute atomic E-state index is 12.1. The van der Waals surface area contributed by atoms with Crippen LogP contribution in [0.25, 0.3) is 0 Å². The molecule has 0 spiro atoms. The number of rotatable bonds is 5. The molecule has 1 aromatic rings. The summed E-state index contributed by atoms with van der Waals surface area (Å²) in [6.07, 6.45) is 2.96. The number of nitrogens with one attached hydrogen (secondary N) is 1. The molecule has 0 aromatic carbocycles. The summed E-state index contributed by atoms with van der Waals surface area (Å²) in [7, 11) is 0. The van der Waals surface area contributed by atoms with Gasteiger partial charge in [-0.15, -0.1) is 11.3 Å². The first-order valence-corrected chi connectivity index (χ1v) is 7.32. The molecule has 1 aromatic heterocycles. The number of carboxylic acids is 1. The molecule has 2 N–H and O–H groups in total. The monoisotopic (exact) mass is 282 g/mol. The van der Waals surface area contributed by atoms with E-state index in [9.17, 15) is 9.59 Å². The maximum Gasteiger partial charge on any atom is 0.306 e. The first-order chi connectivity index (χ1) is 9.01. The van der Waals surface area contributed by atoms with E-state index in [1.165, 1.54) is 11.3 Å². The zero-order valence-corrected chi connectivity index (χ0v) is 11.9. The van der Waals surface area contributed by atoms with Crippen molar-refractivity contribution in [2.24, 2.45) is 5.92 Å². The van der Waals surface area contributed by atoms with Crippen LogP contribution in [0.5, 0.6) is 0 Å². The van der Waals surface area contributed by atoms with Crippen LogP contribution in [-0.2, 0) is 11.2 Å². The molecule has 1 fully saturated rings. The van der Waals surface area contributed by atoms with Crippen LogP contribution in [0.15, 0.2) is 0 Å². The van der Waals surface area contributed by atoms with Gasteiger partial charge < -0.3 is 10.4 Å². The molecule has 0 atom stereocenters. The van der Waals surface area contributed by atoms with Gasteiger partial charge >= 0.3 is 5.97 Å². The van der Waals surface area contributed by atoms with Gasteiger partial charge in [0, 0.05) is 6.04 Å². The number of aromatic nitrogens is 1. The average Bonchev–Trinajstić information content (AvgIpc) is 2.64. The minimum Gasteiger partial charge on any atom is -0.481 e. The van der Waals surface area contributed by atoms with Crippen molar-refractivity contribution >= 4 is 23.2 Å². The Bertz CT molecular complexity index is 492. The number of hydrogen-bond donors (Lipinski definition) is 2. The normalized spacial score (nSPS) is 21.8. The van der Waals surface area contributed by atoms with E-state index < -0.39 is 5.97 Å². The summed E-state index contributed by atoms with van der Waals surface area (Å²) in [5.74, 6) is -1.19. The Labute approximate surface area is 116 Å². The molecule has 0 unspecified atom stereocenters. The van der Waals surface area contributed by atoms with E-state index >= 15 is 0 Å². The minimum absolute atomic E-state index is 0.00951. The largest absolute Gasteiger partial charge is 0.481 e. The van der Waals surface area contributed by atoms with E-state index in [1.807, 2.05) is 6.92 Å². The number of carbonyl (C=O) groups excluding carboxylic acids is 1. The Morgan fingerprint density at radius 3 is 2.74 bits per heavy atom. The standard InChI is InChI=1S/C13H18N2O3S/c1-3-4-10-14-7(2)11(19-10)12(16)15-9-5-8(6-9)13(17)18/h8-9H,3-6H2,1-2H3,(H,15,16)(H,17,18). The highest BCUT2D eigenvalue weighted by atomic mass is 32.1. The second-order valence-corrected chi connectivity index (χ2v) is 6.03. The van der Waals surface area contributed by atoms with Gasteiger partial charge in [0.05, 0.1) is 16.6 Å². The number of aliphatic carboxylic acids is 1. The molecule has 1 saturated carbocycles. The molecule has 104 valence electrons. The molecule has 19 heavy (non-hydrogen) atoms. The SMILES string of the molecule is CCCc1nc(C)c(C(=O)NC2CC(C(=O)O)C2)s1. The third-order valence-corrected chi connectivity index (χ3v) is 4.55. The summed E-state index contributed by atoms with van der Waals surface area (Å²) in [4.78, 5) is 27.8. The summed E-state index contributed by atoms with van der Waals surface area (Å²) in [6, 6.07) is -0.00951. The Kier molecular flexibility index (Phi) is 4.19. The first-order valence-electron chi connectivity index (χ1n) is 6.51. The fraction of sp³-hybridized carbons (Fsp3) is 0.615. The maximum atomic E-state index is 12.1. The van der Waals surface area contributed by atoms with Crippen molar-refractivity contribution in [3.8, 4) is 0 Å². The van der Waals surface area contributed by atoms with Gasteiger partial charge in [0.25, 0.3) is 5.91 Å². The number of nitrogens with zero attached hydrogens (tertiary/aromatic N) is 1. The molecule has 2 rings (SSSR count). The van der Waals surface area contributed by atoms with Crippen LogP contribution in [-0.4, -0.2) is 28.0 Å². The van der Waals surface area contributed by atoms with Gasteiger partial charge in [0.2, 0.25) is 0 Å². The van der Waals surface area contributed by atoms with E-state index in [0.717, 1.165) is 23.5 Å². The van der Waals surface area contributed by atoms with E-state index in [2.05, 4.69) is 17.2 Å². The molecule has 0 aliphatic heterocycles. The number of thiazole rings is 1. The molecule has 5 nitrogen and oxygen atoms in total. The first kappa shape index (κ1) is 14.0. The highest BCUT2D eigenvalue weighted by molar-refractivity contribution is 7.13. The van der Waals surface area contributed by atoms with Gasteiger partial charge in [-0.1, -0.05) is 6.92 Å². The highest BCUT2D eigenvalue weighted by Gasteiger charge is 2.35. The Hall–Kier alpha value is -1.43. The van der Waals surface area contributed by atoms with Crippen LogP contribution in [0.1, 0.15) is 46.6 Å². The summed E-state index contributed by atoms with van der Waals surface area (Å²) < 4.78 is 0. The zero-order valence-electron chi connectivity index (χ0n) is 11.1. The molecule has 1 heterocycles. The molecule has 0 saturated heterocycles. The number of hydrogen-bond acceptors (Lipinski definition) is 4. The lowest BCUT2D eigenvalue weighted by molar-refractivity contribution is -0.145. The lowest BCUT2D eigenvalue weighted by Crippen LogP contribution is -2.46. The Morgan fingerprint density at radius 1 is 1.47 bits per heavy atom. The Morgan fingerprint density at radius 2 is 2.16 bits per heavy atom. The minimum atomic E-state index is -0.773. The van der Waals surface area contributed by atoms with Crippen LogP contribution in [0.2, 0.25) is 0 Å². The summed E-state index contributed by atoms with van der Waals surface area (Å²) >= 11 is 1.44. The molecular weight excluding hydrogens is 264 g/mol.